The van der Waals surface area contributed by atoms with E-state index in [4.69, 9.17) is 0 Å². The van der Waals surface area contributed by atoms with Crippen LogP contribution >= 0.6 is 11.8 Å². The SMILES string of the molecule is O=C(NCC1CCCCS1)c1ccc(F)c([N+](=O)[O-])c1. The average Bonchev–Trinajstić information content (AvgIpc) is 2.46. The van der Waals surface area contributed by atoms with Crippen molar-refractivity contribution in [2.45, 2.75) is 24.5 Å². The molecule has 1 amide bonds. The van der Waals surface area contributed by atoms with Crippen molar-refractivity contribution in [3.63, 3.8) is 0 Å². The molecule has 1 aromatic rings. The number of carbonyl (C=O) groups excluding carboxylic acids is 1. The number of nitro benzene ring substituents is 1. The monoisotopic (exact) mass is 298 g/mol. The normalized spacial score (nSPS) is 18.6. The number of hydrogen-bond acceptors (Lipinski definition) is 4. The van der Waals surface area contributed by atoms with Crippen molar-refractivity contribution in [3.8, 4) is 0 Å². The predicted molar refractivity (Wildman–Crippen MR) is 75.5 cm³/mol. The first-order valence-corrected chi connectivity index (χ1v) is 7.46. The number of thioether (sulfide) groups is 1. The van der Waals surface area contributed by atoms with Crippen molar-refractivity contribution >= 4 is 23.4 Å². The number of hydrogen-bond donors (Lipinski definition) is 1. The van der Waals surface area contributed by atoms with Gasteiger partial charge in [-0.2, -0.15) is 16.2 Å². The summed E-state index contributed by atoms with van der Waals surface area (Å²) in [7, 11) is 0. The lowest BCUT2D eigenvalue weighted by atomic mass is 10.1. The van der Waals surface area contributed by atoms with Crippen molar-refractivity contribution in [1.29, 1.82) is 0 Å². The Balaban J connectivity index is 1.98. The summed E-state index contributed by atoms with van der Waals surface area (Å²) in [5.74, 6) is -0.239. The number of nitro groups is 1. The Labute approximate surface area is 120 Å². The average molecular weight is 298 g/mol. The fraction of sp³-hybridized carbons (Fsp3) is 0.462. The topological polar surface area (TPSA) is 72.2 Å². The van der Waals surface area contributed by atoms with Gasteiger partial charge in [-0.3, -0.25) is 14.9 Å². The van der Waals surface area contributed by atoms with E-state index in [9.17, 15) is 19.3 Å². The molecule has 0 aliphatic carbocycles. The third-order valence-corrected chi connectivity index (χ3v) is 4.57. The Kier molecular flexibility index (Phi) is 4.94. The van der Waals surface area contributed by atoms with Crippen LogP contribution in [0.4, 0.5) is 10.1 Å². The number of nitrogens with zero attached hydrogens (tertiary/aromatic N) is 1. The molecule has 5 nitrogen and oxygen atoms in total. The van der Waals surface area contributed by atoms with Gasteiger partial charge in [0.2, 0.25) is 5.82 Å². The Morgan fingerprint density at radius 3 is 2.95 bits per heavy atom. The highest BCUT2D eigenvalue weighted by Crippen LogP contribution is 2.24. The minimum atomic E-state index is -0.936. The van der Waals surface area contributed by atoms with Gasteiger partial charge in [0.25, 0.3) is 5.91 Å². The van der Waals surface area contributed by atoms with Gasteiger partial charge in [0.05, 0.1) is 4.92 Å². The second-order valence-corrected chi connectivity index (χ2v) is 6.03. The van der Waals surface area contributed by atoms with Gasteiger partial charge in [-0.15, -0.1) is 0 Å². The van der Waals surface area contributed by atoms with Crippen molar-refractivity contribution in [2.24, 2.45) is 0 Å². The molecule has 1 unspecified atom stereocenters. The van der Waals surface area contributed by atoms with Crippen LogP contribution in [0.5, 0.6) is 0 Å². The van der Waals surface area contributed by atoms with Crippen molar-refractivity contribution in [1.82, 2.24) is 5.32 Å². The van der Waals surface area contributed by atoms with Gasteiger partial charge in [0.1, 0.15) is 0 Å². The van der Waals surface area contributed by atoms with Crippen LogP contribution in [0.15, 0.2) is 18.2 Å². The van der Waals surface area contributed by atoms with Crippen molar-refractivity contribution in [2.75, 3.05) is 12.3 Å². The molecule has 2 rings (SSSR count). The summed E-state index contributed by atoms with van der Waals surface area (Å²) in [4.78, 5) is 21.7. The van der Waals surface area contributed by atoms with Crippen LogP contribution in [0.25, 0.3) is 0 Å². The zero-order valence-corrected chi connectivity index (χ0v) is 11.6. The first-order chi connectivity index (χ1) is 9.58. The van der Waals surface area contributed by atoms with Crippen LogP contribution in [0, 0.1) is 15.9 Å². The molecule has 1 saturated heterocycles. The number of benzene rings is 1. The molecular weight excluding hydrogens is 283 g/mol. The van der Waals surface area contributed by atoms with Crippen LogP contribution in [-0.2, 0) is 0 Å². The molecule has 1 N–H and O–H groups in total. The molecule has 108 valence electrons. The van der Waals surface area contributed by atoms with Crippen LogP contribution < -0.4 is 5.32 Å². The van der Waals surface area contributed by atoms with Crippen LogP contribution in [0.3, 0.4) is 0 Å². The highest BCUT2D eigenvalue weighted by Gasteiger charge is 2.19. The van der Waals surface area contributed by atoms with Crippen LogP contribution in [0.1, 0.15) is 29.6 Å². The summed E-state index contributed by atoms with van der Waals surface area (Å²) in [5.41, 5.74) is -0.566. The van der Waals surface area contributed by atoms with E-state index in [0.717, 1.165) is 30.7 Å². The summed E-state index contributed by atoms with van der Waals surface area (Å²) in [5, 5.41) is 13.8. The molecule has 0 radical (unpaired) electrons. The van der Waals surface area contributed by atoms with Crippen LogP contribution in [0.2, 0.25) is 0 Å². The maximum absolute atomic E-state index is 13.2. The summed E-state index contributed by atoms with van der Waals surface area (Å²) in [6.45, 7) is 0.536. The Morgan fingerprint density at radius 2 is 2.30 bits per heavy atom. The highest BCUT2D eigenvalue weighted by atomic mass is 32.2. The first-order valence-electron chi connectivity index (χ1n) is 6.41. The third-order valence-electron chi connectivity index (χ3n) is 3.17. The van der Waals surface area contributed by atoms with Gasteiger partial charge < -0.3 is 5.32 Å². The molecule has 1 heterocycles. The molecule has 1 aromatic carbocycles. The molecule has 1 aliphatic heterocycles. The van der Waals surface area contributed by atoms with E-state index in [1.165, 1.54) is 12.5 Å². The Bertz CT molecular complexity index is 518. The lowest BCUT2D eigenvalue weighted by Crippen LogP contribution is -2.31. The summed E-state index contributed by atoms with van der Waals surface area (Å²) in [6, 6.07) is 3.17. The standard InChI is InChI=1S/C13H15FN2O3S/c14-11-5-4-9(7-12(11)16(18)19)13(17)15-8-10-3-1-2-6-20-10/h4-5,7,10H,1-3,6,8H2,(H,15,17). The lowest BCUT2D eigenvalue weighted by Gasteiger charge is -2.21. The molecule has 1 fully saturated rings. The summed E-state index contributed by atoms with van der Waals surface area (Å²) >= 11 is 1.83. The molecule has 0 bridgehead atoms. The lowest BCUT2D eigenvalue weighted by molar-refractivity contribution is -0.387. The third kappa shape index (κ3) is 3.69. The van der Waals surface area contributed by atoms with Gasteiger partial charge in [-0.25, -0.2) is 0 Å². The molecule has 0 spiro atoms. The van der Waals surface area contributed by atoms with E-state index in [1.807, 2.05) is 11.8 Å². The van der Waals surface area contributed by atoms with E-state index in [1.54, 1.807) is 0 Å². The zero-order chi connectivity index (χ0) is 14.5. The van der Waals surface area contributed by atoms with Gasteiger partial charge in [0.15, 0.2) is 0 Å². The summed E-state index contributed by atoms with van der Waals surface area (Å²) in [6.07, 6.45) is 3.43. The van der Waals surface area contributed by atoms with Crippen molar-refractivity contribution in [3.05, 3.63) is 39.7 Å². The maximum Gasteiger partial charge on any atom is 0.305 e. The van der Waals surface area contributed by atoms with Gasteiger partial charge in [-0.1, -0.05) is 6.42 Å². The van der Waals surface area contributed by atoms with Crippen molar-refractivity contribution < 1.29 is 14.1 Å². The molecule has 20 heavy (non-hydrogen) atoms. The largest absolute Gasteiger partial charge is 0.351 e. The maximum atomic E-state index is 13.2. The highest BCUT2D eigenvalue weighted by molar-refractivity contribution is 7.99. The molecule has 0 saturated carbocycles. The number of nitrogens with one attached hydrogen (secondary N) is 1. The fourth-order valence-electron chi connectivity index (χ4n) is 2.07. The zero-order valence-electron chi connectivity index (χ0n) is 10.8. The van der Waals surface area contributed by atoms with E-state index in [2.05, 4.69) is 5.32 Å². The van der Waals surface area contributed by atoms with Gasteiger partial charge in [0, 0.05) is 23.4 Å². The molecular formula is C13H15FN2O3S. The second-order valence-electron chi connectivity index (χ2n) is 4.62. The smallest absolute Gasteiger partial charge is 0.305 e. The van der Waals surface area contributed by atoms with E-state index >= 15 is 0 Å². The van der Waals surface area contributed by atoms with Gasteiger partial charge >= 0.3 is 5.69 Å². The molecule has 7 heteroatoms. The molecule has 1 aliphatic rings. The Morgan fingerprint density at radius 1 is 1.50 bits per heavy atom. The first kappa shape index (κ1) is 14.8. The van der Waals surface area contributed by atoms with E-state index in [-0.39, 0.29) is 5.56 Å². The quantitative estimate of drug-likeness (QED) is 0.685. The van der Waals surface area contributed by atoms with E-state index < -0.39 is 22.3 Å². The minimum Gasteiger partial charge on any atom is -0.351 e. The molecule has 1 atom stereocenters. The number of amides is 1. The molecule has 0 aromatic heterocycles. The Hall–Kier alpha value is -1.63. The van der Waals surface area contributed by atoms with E-state index in [0.29, 0.717) is 11.8 Å². The minimum absolute atomic E-state index is 0.110. The van der Waals surface area contributed by atoms with Gasteiger partial charge in [-0.05, 0) is 30.7 Å². The number of halogens is 1. The second kappa shape index (κ2) is 6.69. The number of carbonyl (C=O) groups is 1. The summed E-state index contributed by atoms with van der Waals surface area (Å²) < 4.78 is 13.2. The predicted octanol–water partition coefficient (Wildman–Crippen LogP) is 2.75. The number of rotatable bonds is 4. The van der Waals surface area contributed by atoms with Crippen LogP contribution in [-0.4, -0.2) is 28.4 Å². The fourth-order valence-corrected chi connectivity index (χ4v) is 3.31.